The van der Waals surface area contributed by atoms with Gasteiger partial charge in [-0.25, -0.2) is 14.6 Å². The summed E-state index contributed by atoms with van der Waals surface area (Å²) in [4.78, 5) is 42.8. The van der Waals surface area contributed by atoms with Crippen LogP contribution in [0.5, 0.6) is 11.5 Å². The fraction of sp³-hybridized carbons (Fsp3) is 0.533. The van der Waals surface area contributed by atoms with Gasteiger partial charge >= 0.3 is 12.1 Å². The molecular formula is C30H40N2O9. The van der Waals surface area contributed by atoms with Gasteiger partial charge in [-0.15, -0.1) is 0 Å². The zero-order valence-electron chi connectivity index (χ0n) is 24.5. The van der Waals surface area contributed by atoms with Crippen molar-refractivity contribution in [3.63, 3.8) is 0 Å². The van der Waals surface area contributed by atoms with Gasteiger partial charge in [-0.05, 0) is 38.7 Å². The average Bonchev–Trinajstić information content (AvgIpc) is 2.96. The van der Waals surface area contributed by atoms with Gasteiger partial charge in [0, 0.05) is 24.8 Å². The topological polar surface area (TPSA) is 132 Å². The standard InChI is InChI=1S/C30H40N2O9/c1-18(2)15-38-26-20(5)40-29(34)23(17-37-16-22(26)14-21-10-8-7-9-11-21)32-28(33)25-27(24(36-6)12-13-31-25)41-30(35)39-19(3)4/h7-13,18-20,22-23,26H,14-17H2,1-6H3,(H,32,33)/t20-,22-,23-,26-/m0/s1. The van der Waals surface area contributed by atoms with Crippen LogP contribution in [-0.2, 0) is 30.2 Å². The number of aromatic nitrogens is 1. The lowest BCUT2D eigenvalue weighted by Gasteiger charge is -2.31. The summed E-state index contributed by atoms with van der Waals surface area (Å²) in [6.45, 7) is 9.81. The van der Waals surface area contributed by atoms with E-state index in [0.29, 0.717) is 13.0 Å². The third kappa shape index (κ3) is 9.43. The van der Waals surface area contributed by atoms with Gasteiger partial charge in [0.2, 0.25) is 5.75 Å². The van der Waals surface area contributed by atoms with Gasteiger partial charge in [0.1, 0.15) is 6.10 Å². The summed E-state index contributed by atoms with van der Waals surface area (Å²) in [7, 11) is 1.35. The molecule has 0 aliphatic carbocycles. The van der Waals surface area contributed by atoms with Gasteiger partial charge in [-0.3, -0.25) is 4.79 Å². The van der Waals surface area contributed by atoms with Gasteiger partial charge in [0.25, 0.3) is 5.91 Å². The molecule has 2 heterocycles. The van der Waals surface area contributed by atoms with Crippen LogP contribution < -0.4 is 14.8 Å². The van der Waals surface area contributed by atoms with Crippen LogP contribution in [0.1, 0.15) is 50.7 Å². The van der Waals surface area contributed by atoms with Crippen LogP contribution in [0.15, 0.2) is 42.6 Å². The molecule has 1 aliphatic rings. The maximum atomic E-state index is 13.3. The summed E-state index contributed by atoms with van der Waals surface area (Å²) < 4.78 is 33.6. The largest absolute Gasteiger partial charge is 0.514 e. The van der Waals surface area contributed by atoms with E-state index in [1.54, 1.807) is 20.8 Å². The number of hydrogen-bond acceptors (Lipinski definition) is 10. The zero-order valence-corrected chi connectivity index (χ0v) is 24.5. The van der Waals surface area contributed by atoms with Crippen molar-refractivity contribution in [2.45, 2.75) is 65.4 Å². The second-order valence-electron chi connectivity index (χ2n) is 10.6. The minimum absolute atomic E-state index is 0.0849. The highest BCUT2D eigenvalue weighted by molar-refractivity contribution is 5.98. The normalized spacial score (nSPS) is 21.3. The monoisotopic (exact) mass is 572 g/mol. The van der Waals surface area contributed by atoms with Crippen molar-refractivity contribution in [1.82, 2.24) is 10.3 Å². The summed E-state index contributed by atoms with van der Waals surface area (Å²) >= 11 is 0. The van der Waals surface area contributed by atoms with Crippen LogP contribution in [-0.4, -0.2) is 74.3 Å². The summed E-state index contributed by atoms with van der Waals surface area (Å²) in [5.41, 5.74) is 0.834. The van der Waals surface area contributed by atoms with Crippen molar-refractivity contribution >= 4 is 18.0 Å². The quantitative estimate of drug-likeness (QED) is 0.417. The Labute approximate surface area is 240 Å². The van der Waals surface area contributed by atoms with Crippen LogP contribution in [0.3, 0.4) is 0 Å². The number of carbonyl (C=O) groups is 3. The zero-order chi connectivity index (χ0) is 29.9. The van der Waals surface area contributed by atoms with Crippen molar-refractivity contribution in [1.29, 1.82) is 0 Å². The number of nitrogens with one attached hydrogen (secondary N) is 1. The molecule has 1 aromatic carbocycles. The number of rotatable bonds is 10. The maximum absolute atomic E-state index is 13.3. The number of pyridine rings is 1. The molecule has 1 aliphatic heterocycles. The molecule has 1 saturated heterocycles. The fourth-order valence-electron chi connectivity index (χ4n) is 4.36. The molecule has 0 saturated carbocycles. The SMILES string of the molecule is COc1ccnc(C(=O)N[C@H]2COC[C@H](Cc3ccccc3)[C@@H](OCC(C)C)[C@H](C)OC2=O)c1OC(=O)OC(C)C. The van der Waals surface area contributed by atoms with Crippen molar-refractivity contribution in [3.8, 4) is 11.5 Å². The highest BCUT2D eigenvalue weighted by Crippen LogP contribution is 2.30. The minimum atomic E-state index is -1.16. The number of ether oxygens (including phenoxy) is 6. The van der Waals surface area contributed by atoms with E-state index in [1.165, 1.54) is 19.4 Å². The molecule has 0 bridgehead atoms. The van der Waals surface area contributed by atoms with Gasteiger partial charge in [0.15, 0.2) is 17.5 Å². The van der Waals surface area contributed by atoms with Gasteiger partial charge in [-0.2, -0.15) is 0 Å². The Morgan fingerprint density at radius 2 is 1.83 bits per heavy atom. The highest BCUT2D eigenvalue weighted by atomic mass is 16.7. The van der Waals surface area contributed by atoms with Crippen molar-refractivity contribution in [2.75, 3.05) is 26.9 Å². The fourth-order valence-corrected chi connectivity index (χ4v) is 4.36. The molecule has 1 amide bonds. The van der Waals surface area contributed by atoms with Gasteiger partial charge in [0.05, 0.1) is 32.5 Å². The van der Waals surface area contributed by atoms with Crippen LogP contribution >= 0.6 is 0 Å². The molecule has 4 atom stereocenters. The van der Waals surface area contributed by atoms with Gasteiger partial charge < -0.3 is 33.7 Å². The number of hydrogen-bond donors (Lipinski definition) is 1. The summed E-state index contributed by atoms with van der Waals surface area (Å²) in [6.07, 6.45) is -0.549. The molecule has 11 heteroatoms. The number of nitrogens with zero attached hydrogens (tertiary/aromatic N) is 1. The van der Waals surface area contributed by atoms with Crippen molar-refractivity contribution in [2.24, 2.45) is 11.8 Å². The summed E-state index contributed by atoms with van der Waals surface area (Å²) in [5.74, 6) is -1.47. The molecule has 3 rings (SSSR count). The Bertz CT molecular complexity index is 1160. The second-order valence-corrected chi connectivity index (χ2v) is 10.6. The first kappa shape index (κ1) is 31.8. The number of benzene rings is 1. The molecule has 2 aromatic rings. The lowest BCUT2D eigenvalue weighted by molar-refractivity contribution is -0.160. The van der Waals surface area contributed by atoms with E-state index >= 15 is 0 Å². The Balaban J connectivity index is 1.81. The van der Waals surface area contributed by atoms with E-state index in [4.69, 9.17) is 28.4 Å². The second kappa shape index (κ2) is 15.3. The highest BCUT2D eigenvalue weighted by Gasteiger charge is 2.36. The van der Waals surface area contributed by atoms with E-state index in [1.807, 2.05) is 44.2 Å². The van der Waals surface area contributed by atoms with Gasteiger partial charge in [-0.1, -0.05) is 44.2 Å². The van der Waals surface area contributed by atoms with Crippen LogP contribution in [0.25, 0.3) is 0 Å². The Hall–Kier alpha value is -3.70. The van der Waals surface area contributed by atoms with Crippen molar-refractivity contribution < 1.29 is 42.8 Å². The molecular weight excluding hydrogens is 532 g/mol. The molecule has 0 radical (unpaired) electrons. The molecule has 0 spiro atoms. The molecule has 1 N–H and O–H groups in total. The lowest BCUT2D eigenvalue weighted by atomic mass is 9.91. The van der Waals surface area contributed by atoms with Crippen molar-refractivity contribution in [3.05, 3.63) is 53.9 Å². The maximum Gasteiger partial charge on any atom is 0.514 e. The predicted octanol–water partition coefficient (Wildman–Crippen LogP) is 3.97. The van der Waals surface area contributed by atoms with E-state index in [0.717, 1.165) is 5.56 Å². The number of esters is 1. The first-order chi connectivity index (χ1) is 19.6. The number of amides is 1. The third-order valence-corrected chi connectivity index (χ3v) is 6.22. The molecule has 1 aromatic heterocycles. The average molecular weight is 573 g/mol. The first-order valence-corrected chi connectivity index (χ1v) is 13.7. The molecule has 11 nitrogen and oxygen atoms in total. The first-order valence-electron chi connectivity index (χ1n) is 13.7. The Kier molecular flexibility index (Phi) is 11.9. The summed E-state index contributed by atoms with van der Waals surface area (Å²) in [6, 6.07) is 10.2. The molecule has 224 valence electrons. The van der Waals surface area contributed by atoms with E-state index in [2.05, 4.69) is 10.3 Å². The number of carbonyl (C=O) groups excluding carboxylic acids is 3. The number of methoxy groups -OCH3 is 1. The van der Waals surface area contributed by atoms with Crippen LogP contribution in [0.4, 0.5) is 4.79 Å². The third-order valence-electron chi connectivity index (χ3n) is 6.22. The molecule has 0 unspecified atom stereocenters. The van der Waals surface area contributed by atoms with Crippen LogP contribution in [0.2, 0.25) is 0 Å². The van der Waals surface area contributed by atoms with E-state index in [-0.39, 0.29) is 42.2 Å². The molecule has 1 fully saturated rings. The minimum Gasteiger partial charge on any atom is -0.493 e. The lowest BCUT2D eigenvalue weighted by Crippen LogP contribution is -2.46. The van der Waals surface area contributed by atoms with E-state index < -0.39 is 42.4 Å². The molecule has 41 heavy (non-hydrogen) atoms. The Morgan fingerprint density at radius 3 is 2.49 bits per heavy atom. The van der Waals surface area contributed by atoms with E-state index in [9.17, 15) is 14.4 Å². The predicted molar refractivity (Wildman–Crippen MR) is 149 cm³/mol. The number of cyclic esters (lactones) is 1. The summed E-state index contributed by atoms with van der Waals surface area (Å²) in [5, 5.41) is 2.61. The van der Waals surface area contributed by atoms with Crippen LogP contribution in [0, 0.1) is 11.8 Å². The smallest absolute Gasteiger partial charge is 0.493 e. The Morgan fingerprint density at radius 1 is 1.10 bits per heavy atom.